The molecule has 0 aliphatic carbocycles. The summed E-state index contributed by atoms with van der Waals surface area (Å²) < 4.78 is 22.1. The Morgan fingerprint density at radius 1 is 0.974 bits per heavy atom. The number of fused-ring (bicyclic) bond motifs is 1. The van der Waals surface area contributed by atoms with Gasteiger partial charge in [-0.25, -0.2) is 19.3 Å². The molecule has 39 heavy (non-hydrogen) atoms. The van der Waals surface area contributed by atoms with Crippen molar-refractivity contribution in [3.63, 3.8) is 0 Å². The average molecular weight is 521 g/mol. The lowest BCUT2D eigenvalue weighted by Gasteiger charge is -2.13. The first-order valence-corrected chi connectivity index (χ1v) is 12.6. The topological polar surface area (TPSA) is 107 Å². The van der Waals surface area contributed by atoms with Gasteiger partial charge in [0.2, 0.25) is 5.82 Å². The number of nitrogens with zero attached hydrogens (tertiary/aromatic N) is 7. The Morgan fingerprint density at radius 2 is 1.82 bits per heavy atom. The van der Waals surface area contributed by atoms with Crippen molar-refractivity contribution in [1.29, 1.82) is 0 Å². The number of hydrogen-bond donors (Lipinski definition) is 1. The van der Waals surface area contributed by atoms with E-state index < -0.39 is 5.82 Å². The number of rotatable bonds is 7. The van der Waals surface area contributed by atoms with Gasteiger partial charge in [0.1, 0.15) is 17.1 Å². The molecule has 0 saturated heterocycles. The number of aryl methyl sites for hydroxylation is 3. The van der Waals surface area contributed by atoms with Crippen molar-refractivity contribution in [2.45, 2.75) is 33.7 Å². The first-order valence-electron chi connectivity index (χ1n) is 12.6. The maximum absolute atomic E-state index is 14.2. The van der Waals surface area contributed by atoms with Crippen LogP contribution in [0.1, 0.15) is 29.6 Å². The number of imidazole rings is 1. The minimum atomic E-state index is -0.538. The van der Waals surface area contributed by atoms with Gasteiger partial charge in [-0.05, 0) is 77.7 Å². The molecule has 194 valence electrons. The van der Waals surface area contributed by atoms with Crippen LogP contribution >= 0.6 is 0 Å². The van der Waals surface area contributed by atoms with Crippen LogP contribution < -0.4 is 4.74 Å². The SMILES string of the molecule is CCc1nc2c(C)cc(C)nc2n1Cc1ccc(-c2cc(Oc3ncccc3F)ccc2-c2nn[nH]n2)cc1. The van der Waals surface area contributed by atoms with E-state index in [-0.39, 0.29) is 5.88 Å². The second kappa shape index (κ2) is 10.1. The molecule has 4 heterocycles. The molecule has 0 unspecified atom stereocenters. The Bertz CT molecular complexity index is 1780. The van der Waals surface area contributed by atoms with E-state index in [0.29, 0.717) is 18.1 Å². The van der Waals surface area contributed by atoms with E-state index in [4.69, 9.17) is 14.7 Å². The van der Waals surface area contributed by atoms with E-state index in [2.05, 4.69) is 62.2 Å². The summed E-state index contributed by atoms with van der Waals surface area (Å²) in [5.74, 6) is 1.25. The number of ether oxygens (including phenoxy) is 1. The van der Waals surface area contributed by atoms with E-state index in [1.807, 2.05) is 31.2 Å². The molecule has 4 aromatic heterocycles. The van der Waals surface area contributed by atoms with E-state index in [1.165, 1.54) is 18.3 Å². The third-order valence-corrected chi connectivity index (χ3v) is 6.54. The van der Waals surface area contributed by atoms with Crippen LogP contribution in [0.3, 0.4) is 0 Å². The van der Waals surface area contributed by atoms with Gasteiger partial charge in [0, 0.05) is 23.9 Å². The number of benzene rings is 2. The summed E-state index contributed by atoms with van der Waals surface area (Å²) in [6.07, 6.45) is 2.29. The molecule has 6 rings (SSSR count). The predicted octanol–water partition coefficient (Wildman–Crippen LogP) is 5.83. The van der Waals surface area contributed by atoms with E-state index in [9.17, 15) is 4.39 Å². The molecular formula is C29H25FN8O. The Balaban J connectivity index is 1.36. The van der Waals surface area contributed by atoms with Crippen molar-refractivity contribution in [3.05, 3.63) is 95.3 Å². The molecule has 0 aliphatic heterocycles. The highest BCUT2D eigenvalue weighted by atomic mass is 19.1. The van der Waals surface area contributed by atoms with Crippen molar-refractivity contribution >= 4 is 11.2 Å². The summed E-state index contributed by atoms with van der Waals surface area (Å²) in [5.41, 5.74) is 7.55. The highest BCUT2D eigenvalue weighted by molar-refractivity contribution is 5.82. The van der Waals surface area contributed by atoms with Crippen molar-refractivity contribution in [2.24, 2.45) is 0 Å². The second-order valence-electron chi connectivity index (χ2n) is 9.25. The number of H-pyrrole nitrogens is 1. The zero-order valence-corrected chi connectivity index (χ0v) is 21.7. The first-order chi connectivity index (χ1) is 19.0. The molecule has 0 bridgehead atoms. The lowest BCUT2D eigenvalue weighted by atomic mass is 9.98. The lowest BCUT2D eigenvalue weighted by molar-refractivity contribution is 0.423. The summed E-state index contributed by atoms with van der Waals surface area (Å²) in [5, 5.41) is 14.5. The summed E-state index contributed by atoms with van der Waals surface area (Å²) >= 11 is 0. The predicted molar refractivity (Wildman–Crippen MR) is 145 cm³/mol. The van der Waals surface area contributed by atoms with Crippen LogP contribution in [0, 0.1) is 19.7 Å². The van der Waals surface area contributed by atoms with Crippen molar-refractivity contribution < 1.29 is 9.13 Å². The smallest absolute Gasteiger partial charge is 0.255 e. The number of nitrogens with one attached hydrogen (secondary N) is 1. The molecular weight excluding hydrogens is 495 g/mol. The number of aromatic nitrogens is 8. The first kappa shape index (κ1) is 24.4. The van der Waals surface area contributed by atoms with Crippen LogP contribution in [0.5, 0.6) is 11.6 Å². The van der Waals surface area contributed by atoms with Gasteiger partial charge >= 0.3 is 0 Å². The van der Waals surface area contributed by atoms with Gasteiger partial charge in [0.05, 0.1) is 6.54 Å². The number of hydrogen-bond acceptors (Lipinski definition) is 7. The maximum Gasteiger partial charge on any atom is 0.255 e. The zero-order chi connectivity index (χ0) is 26.9. The number of pyridine rings is 2. The lowest BCUT2D eigenvalue weighted by Crippen LogP contribution is -2.05. The van der Waals surface area contributed by atoms with Gasteiger partial charge in [-0.15, -0.1) is 10.2 Å². The molecule has 6 aromatic rings. The van der Waals surface area contributed by atoms with Crippen molar-refractivity contribution in [2.75, 3.05) is 0 Å². The third-order valence-electron chi connectivity index (χ3n) is 6.54. The minimum absolute atomic E-state index is 0.0931. The van der Waals surface area contributed by atoms with Gasteiger partial charge in [-0.2, -0.15) is 5.21 Å². The Labute approximate surface area is 223 Å². The minimum Gasteiger partial charge on any atom is -0.436 e. The fraction of sp³-hybridized carbons (Fsp3) is 0.172. The van der Waals surface area contributed by atoms with E-state index in [1.54, 1.807) is 6.07 Å². The Kier molecular flexibility index (Phi) is 6.28. The van der Waals surface area contributed by atoms with E-state index >= 15 is 0 Å². The summed E-state index contributed by atoms with van der Waals surface area (Å²) in [7, 11) is 0. The highest BCUT2D eigenvalue weighted by Crippen LogP contribution is 2.35. The molecule has 9 nitrogen and oxygen atoms in total. The number of aromatic amines is 1. The molecule has 0 spiro atoms. The molecule has 0 radical (unpaired) electrons. The molecule has 2 aromatic carbocycles. The fourth-order valence-electron chi connectivity index (χ4n) is 4.71. The molecule has 10 heteroatoms. The van der Waals surface area contributed by atoms with Crippen LogP contribution in [-0.4, -0.2) is 40.1 Å². The van der Waals surface area contributed by atoms with Crippen LogP contribution in [0.2, 0.25) is 0 Å². The fourth-order valence-corrected chi connectivity index (χ4v) is 4.71. The molecule has 0 atom stereocenters. The van der Waals surface area contributed by atoms with Gasteiger partial charge < -0.3 is 9.30 Å². The molecule has 1 N–H and O–H groups in total. The quantitative estimate of drug-likeness (QED) is 0.282. The summed E-state index contributed by atoms with van der Waals surface area (Å²) in [6, 6.07) is 18.5. The number of halogens is 1. The van der Waals surface area contributed by atoms with Crippen LogP contribution in [0.4, 0.5) is 4.39 Å². The average Bonchev–Trinajstić information content (AvgIpc) is 3.59. The monoisotopic (exact) mass is 520 g/mol. The molecule has 0 fully saturated rings. The maximum atomic E-state index is 14.2. The van der Waals surface area contributed by atoms with Crippen LogP contribution in [-0.2, 0) is 13.0 Å². The Morgan fingerprint density at radius 3 is 2.56 bits per heavy atom. The second-order valence-corrected chi connectivity index (χ2v) is 9.25. The van der Waals surface area contributed by atoms with Gasteiger partial charge in [-0.1, -0.05) is 31.2 Å². The summed E-state index contributed by atoms with van der Waals surface area (Å²) in [6.45, 7) is 6.83. The Hall–Kier alpha value is -4.99. The molecule has 0 saturated carbocycles. The van der Waals surface area contributed by atoms with Crippen LogP contribution in [0.25, 0.3) is 33.7 Å². The number of tetrazole rings is 1. The van der Waals surface area contributed by atoms with Gasteiger partial charge in [-0.3, -0.25) is 0 Å². The largest absolute Gasteiger partial charge is 0.436 e. The molecule has 0 amide bonds. The van der Waals surface area contributed by atoms with Crippen molar-refractivity contribution in [3.8, 4) is 34.1 Å². The highest BCUT2D eigenvalue weighted by Gasteiger charge is 2.16. The normalized spacial score (nSPS) is 11.3. The van der Waals surface area contributed by atoms with Crippen molar-refractivity contribution in [1.82, 2.24) is 40.1 Å². The third kappa shape index (κ3) is 4.72. The van der Waals surface area contributed by atoms with E-state index in [0.717, 1.165) is 56.9 Å². The van der Waals surface area contributed by atoms with Gasteiger partial charge in [0.25, 0.3) is 5.88 Å². The van der Waals surface area contributed by atoms with Gasteiger partial charge in [0.15, 0.2) is 11.5 Å². The standard InChI is InChI=1S/C29H25FN8O/c1-4-25-33-26-17(2)14-18(3)32-28(26)38(25)16-19-7-9-20(10-8-19)23-15-21(39-29-24(30)6-5-13-31-29)11-12-22(23)27-34-36-37-35-27/h5-15H,4,16H2,1-3H3,(H,34,35,36,37). The summed E-state index contributed by atoms with van der Waals surface area (Å²) in [4.78, 5) is 13.6. The zero-order valence-electron chi connectivity index (χ0n) is 21.7. The van der Waals surface area contributed by atoms with Crippen LogP contribution in [0.15, 0.2) is 66.9 Å². The molecule has 0 aliphatic rings.